The number of fused-ring (bicyclic) bond motifs is 1. The lowest BCUT2D eigenvalue weighted by Crippen LogP contribution is -2.50. The number of nitrogens with one attached hydrogen (secondary N) is 1. The van der Waals surface area contributed by atoms with Crippen molar-refractivity contribution in [2.75, 3.05) is 19.6 Å². The molecule has 2 amide bonds. The Kier molecular flexibility index (Phi) is 4.64. The van der Waals surface area contributed by atoms with Gasteiger partial charge in [-0.15, -0.1) is 0 Å². The predicted molar refractivity (Wildman–Crippen MR) is 87.4 cm³/mol. The van der Waals surface area contributed by atoms with E-state index in [1.807, 2.05) is 17.0 Å². The topological polar surface area (TPSA) is 84.4 Å². The molecule has 1 aliphatic carbocycles. The van der Waals surface area contributed by atoms with Crippen LogP contribution in [0, 0.1) is 5.92 Å². The highest BCUT2D eigenvalue weighted by Gasteiger charge is 2.32. The van der Waals surface area contributed by atoms with Gasteiger partial charge < -0.3 is 21.7 Å². The van der Waals surface area contributed by atoms with Gasteiger partial charge in [-0.2, -0.15) is 0 Å². The Balaban J connectivity index is 1.53. The first-order chi connectivity index (χ1) is 10.7. The van der Waals surface area contributed by atoms with E-state index in [9.17, 15) is 4.79 Å². The zero-order valence-electron chi connectivity index (χ0n) is 13.0. The molecule has 2 aliphatic rings. The standard InChI is InChI=1S/C17H26N4O/c18-8-5-12-6-9-21(10-7-12)17(22)20-15-11-13-3-1-2-4-14(13)16(15)19/h1-4,12,15-16H,5-11,18-19H2,(H,20,22)/t15-,16-/m1/s1. The molecule has 1 fully saturated rings. The third-order valence-corrected chi connectivity index (χ3v) is 5.07. The molecule has 1 aliphatic heterocycles. The van der Waals surface area contributed by atoms with Crippen molar-refractivity contribution < 1.29 is 4.79 Å². The lowest BCUT2D eigenvalue weighted by Gasteiger charge is -2.33. The molecule has 1 saturated heterocycles. The van der Waals surface area contributed by atoms with Crippen molar-refractivity contribution in [2.24, 2.45) is 17.4 Å². The SMILES string of the molecule is NCCC1CCN(C(=O)N[C@@H]2Cc3ccccc3[C@H]2N)CC1. The van der Waals surface area contributed by atoms with Gasteiger partial charge in [-0.05, 0) is 49.3 Å². The first kappa shape index (κ1) is 15.3. The van der Waals surface area contributed by atoms with Crippen LogP contribution >= 0.6 is 0 Å². The Hall–Kier alpha value is -1.59. The molecule has 0 saturated carbocycles. The second kappa shape index (κ2) is 6.67. The van der Waals surface area contributed by atoms with E-state index in [1.165, 1.54) is 5.56 Å². The summed E-state index contributed by atoms with van der Waals surface area (Å²) >= 11 is 0. The summed E-state index contributed by atoms with van der Waals surface area (Å²) < 4.78 is 0. The minimum Gasteiger partial charge on any atom is -0.333 e. The van der Waals surface area contributed by atoms with Gasteiger partial charge in [-0.1, -0.05) is 24.3 Å². The molecular formula is C17H26N4O. The second-order valence-corrected chi connectivity index (χ2v) is 6.49. The molecule has 3 rings (SSSR count). The number of benzene rings is 1. The van der Waals surface area contributed by atoms with Crippen molar-refractivity contribution in [1.29, 1.82) is 0 Å². The number of likely N-dealkylation sites (tertiary alicyclic amines) is 1. The first-order valence-corrected chi connectivity index (χ1v) is 8.28. The van der Waals surface area contributed by atoms with Crippen LogP contribution in [0.1, 0.15) is 36.4 Å². The molecule has 5 heteroatoms. The van der Waals surface area contributed by atoms with Crippen LogP contribution in [0.15, 0.2) is 24.3 Å². The number of piperidine rings is 1. The average molecular weight is 302 g/mol. The smallest absolute Gasteiger partial charge is 0.317 e. The number of amides is 2. The minimum atomic E-state index is -0.102. The molecule has 120 valence electrons. The lowest BCUT2D eigenvalue weighted by atomic mass is 9.94. The summed E-state index contributed by atoms with van der Waals surface area (Å²) in [6.07, 6.45) is 4.01. The normalized spacial score (nSPS) is 25.1. The van der Waals surface area contributed by atoms with E-state index in [1.54, 1.807) is 0 Å². The maximum absolute atomic E-state index is 12.4. The predicted octanol–water partition coefficient (Wildman–Crippen LogP) is 1.38. The molecule has 0 aromatic heterocycles. The van der Waals surface area contributed by atoms with E-state index in [-0.39, 0.29) is 18.1 Å². The number of carbonyl (C=O) groups excluding carboxylic acids is 1. The first-order valence-electron chi connectivity index (χ1n) is 8.28. The molecule has 5 N–H and O–H groups in total. The van der Waals surface area contributed by atoms with E-state index in [0.29, 0.717) is 5.92 Å². The molecule has 0 radical (unpaired) electrons. The van der Waals surface area contributed by atoms with Crippen LogP contribution in [0.3, 0.4) is 0 Å². The average Bonchev–Trinajstić information content (AvgIpc) is 2.85. The Morgan fingerprint density at radius 3 is 2.68 bits per heavy atom. The number of nitrogens with two attached hydrogens (primary N) is 2. The molecule has 0 unspecified atom stereocenters. The van der Waals surface area contributed by atoms with Crippen molar-refractivity contribution in [1.82, 2.24) is 10.2 Å². The third-order valence-electron chi connectivity index (χ3n) is 5.07. The van der Waals surface area contributed by atoms with Gasteiger partial charge in [0.1, 0.15) is 0 Å². The van der Waals surface area contributed by atoms with Crippen molar-refractivity contribution in [2.45, 2.75) is 37.8 Å². The summed E-state index contributed by atoms with van der Waals surface area (Å²) in [5, 5.41) is 3.13. The van der Waals surface area contributed by atoms with E-state index in [2.05, 4.69) is 17.4 Å². The van der Waals surface area contributed by atoms with Crippen LogP contribution in [0.2, 0.25) is 0 Å². The van der Waals surface area contributed by atoms with Crippen LogP contribution in [-0.2, 0) is 6.42 Å². The quantitative estimate of drug-likeness (QED) is 0.788. The highest BCUT2D eigenvalue weighted by atomic mass is 16.2. The van der Waals surface area contributed by atoms with Gasteiger partial charge in [0.05, 0.1) is 12.1 Å². The zero-order chi connectivity index (χ0) is 15.5. The Morgan fingerprint density at radius 1 is 1.27 bits per heavy atom. The fourth-order valence-electron chi connectivity index (χ4n) is 3.68. The van der Waals surface area contributed by atoms with Gasteiger partial charge in [0.25, 0.3) is 0 Å². The molecular weight excluding hydrogens is 276 g/mol. The largest absolute Gasteiger partial charge is 0.333 e. The van der Waals surface area contributed by atoms with Gasteiger partial charge in [0.15, 0.2) is 0 Å². The molecule has 22 heavy (non-hydrogen) atoms. The summed E-state index contributed by atoms with van der Waals surface area (Å²) in [4.78, 5) is 14.4. The van der Waals surface area contributed by atoms with Crippen molar-refractivity contribution in [3.63, 3.8) is 0 Å². The fourth-order valence-corrected chi connectivity index (χ4v) is 3.68. The molecule has 0 bridgehead atoms. The molecule has 5 nitrogen and oxygen atoms in total. The number of nitrogens with zero attached hydrogens (tertiary/aromatic N) is 1. The molecule has 0 spiro atoms. The molecule has 1 heterocycles. The van der Waals surface area contributed by atoms with Crippen LogP contribution in [-0.4, -0.2) is 36.6 Å². The van der Waals surface area contributed by atoms with E-state index in [0.717, 1.165) is 50.9 Å². The van der Waals surface area contributed by atoms with Gasteiger partial charge in [-0.25, -0.2) is 4.79 Å². The van der Waals surface area contributed by atoms with Crippen molar-refractivity contribution in [3.8, 4) is 0 Å². The number of carbonyl (C=O) groups is 1. The summed E-state index contributed by atoms with van der Waals surface area (Å²) in [5.41, 5.74) is 14.3. The summed E-state index contributed by atoms with van der Waals surface area (Å²) in [7, 11) is 0. The second-order valence-electron chi connectivity index (χ2n) is 6.49. The molecule has 2 atom stereocenters. The highest BCUT2D eigenvalue weighted by molar-refractivity contribution is 5.75. The summed E-state index contributed by atoms with van der Waals surface area (Å²) in [5.74, 6) is 0.673. The van der Waals surface area contributed by atoms with Crippen LogP contribution < -0.4 is 16.8 Å². The number of urea groups is 1. The summed E-state index contributed by atoms with van der Waals surface area (Å²) in [6, 6.07) is 8.12. The van der Waals surface area contributed by atoms with Crippen LogP contribution in [0.25, 0.3) is 0 Å². The van der Waals surface area contributed by atoms with Crippen molar-refractivity contribution in [3.05, 3.63) is 35.4 Å². The molecule has 1 aromatic carbocycles. The number of hydrogen-bond acceptors (Lipinski definition) is 3. The van der Waals surface area contributed by atoms with Gasteiger partial charge >= 0.3 is 6.03 Å². The van der Waals surface area contributed by atoms with Crippen LogP contribution in [0.4, 0.5) is 4.79 Å². The number of rotatable bonds is 3. The van der Waals surface area contributed by atoms with Crippen molar-refractivity contribution >= 4 is 6.03 Å². The maximum Gasteiger partial charge on any atom is 0.317 e. The number of hydrogen-bond donors (Lipinski definition) is 3. The molecule has 1 aromatic rings. The van der Waals surface area contributed by atoms with Gasteiger partial charge in [-0.3, -0.25) is 0 Å². The van der Waals surface area contributed by atoms with Gasteiger partial charge in [0, 0.05) is 13.1 Å². The summed E-state index contributed by atoms with van der Waals surface area (Å²) in [6.45, 7) is 2.39. The lowest BCUT2D eigenvalue weighted by molar-refractivity contribution is 0.164. The zero-order valence-corrected chi connectivity index (χ0v) is 13.0. The van der Waals surface area contributed by atoms with Crippen LogP contribution in [0.5, 0.6) is 0 Å². The minimum absolute atomic E-state index is 0.00617. The monoisotopic (exact) mass is 302 g/mol. The Labute approximate surface area is 132 Å². The third kappa shape index (κ3) is 3.10. The Morgan fingerprint density at radius 2 is 2.00 bits per heavy atom. The maximum atomic E-state index is 12.4. The van der Waals surface area contributed by atoms with Gasteiger partial charge in [0.2, 0.25) is 0 Å². The van der Waals surface area contributed by atoms with E-state index < -0.39 is 0 Å². The Bertz CT molecular complexity index is 525. The van der Waals surface area contributed by atoms with E-state index in [4.69, 9.17) is 11.5 Å². The fraction of sp³-hybridized carbons (Fsp3) is 0.588. The van der Waals surface area contributed by atoms with E-state index >= 15 is 0 Å². The highest BCUT2D eigenvalue weighted by Crippen LogP contribution is 2.29.